The van der Waals surface area contributed by atoms with E-state index < -0.39 is 73.9 Å². The minimum absolute atomic E-state index is 0. The number of hydrogen-bond acceptors (Lipinski definition) is 11. The average Bonchev–Trinajstić information content (AvgIpc) is 2.54. The van der Waals surface area contributed by atoms with E-state index in [0.717, 1.165) is 0 Å². The second-order valence-electron chi connectivity index (χ2n) is 5.75. The lowest BCUT2D eigenvalue weighted by atomic mass is 9.84. The molecule has 0 bridgehead atoms. The van der Waals surface area contributed by atoms with E-state index in [2.05, 4.69) is 0 Å². The van der Waals surface area contributed by atoms with Gasteiger partial charge in [0.25, 0.3) is 0 Å². The standard InChI is InChI=1S/C12H22O11.2H2O/c13-1-2-3(14)4(15)10(21)12(22-2)23-11-8(19)6(17)5(16)7(18)9(11)20;;/h2-21H,1H2;2*1H2/t2-,3+,4?,5?,6-,7+,8-,9-,10-,11?,12-;;/m1../s1. The van der Waals surface area contributed by atoms with Crippen LogP contribution in [-0.4, -0.2) is 131 Å². The molecular formula is C12H26O13. The molecule has 2 fully saturated rings. The maximum absolute atomic E-state index is 9.85. The van der Waals surface area contributed by atoms with E-state index in [4.69, 9.17) is 14.6 Å². The van der Waals surface area contributed by atoms with Crippen molar-refractivity contribution < 1.29 is 66.4 Å². The molecule has 0 aromatic heterocycles. The van der Waals surface area contributed by atoms with Gasteiger partial charge in [0.1, 0.15) is 61.0 Å². The van der Waals surface area contributed by atoms with Crippen molar-refractivity contribution in [1.82, 2.24) is 0 Å². The lowest BCUT2D eigenvalue weighted by Gasteiger charge is -2.45. The number of hydrogen-bond donors (Lipinski definition) is 9. The summed E-state index contributed by atoms with van der Waals surface area (Å²) in [7, 11) is 0. The molecule has 13 nitrogen and oxygen atoms in total. The quantitative estimate of drug-likeness (QED) is 0.222. The predicted molar refractivity (Wildman–Crippen MR) is 75.9 cm³/mol. The van der Waals surface area contributed by atoms with Crippen LogP contribution in [0, 0.1) is 0 Å². The third-order valence-electron chi connectivity index (χ3n) is 4.21. The summed E-state index contributed by atoms with van der Waals surface area (Å²) in [4.78, 5) is 0. The zero-order valence-corrected chi connectivity index (χ0v) is 12.9. The SMILES string of the molecule is O.O.OC[C@H]1O[C@H](OC2[C@H](O)[C@H](O)C(O)[C@H](O)[C@H]2O)[C@H](O)C(O)[C@H]1O. The summed E-state index contributed by atoms with van der Waals surface area (Å²) in [6.07, 6.45) is -18.9. The molecule has 13 heteroatoms. The van der Waals surface area contributed by atoms with Crippen molar-refractivity contribution in [3.8, 4) is 0 Å². The van der Waals surface area contributed by atoms with Gasteiger partial charge in [-0.15, -0.1) is 0 Å². The zero-order chi connectivity index (χ0) is 17.5. The molecule has 11 atom stereocenters. The highest BCUT2D eigenvalue weighted by atomic mass is 16.7. The van der Waals surface area contributed by atoms with Crippen molar-refractivity contribution in [2.75, 3.05) is 6.61 Å². The molecule has 1 aliphatic heterocycles. The van der Waals surface area contributed by atoms with Crippen LogP contribution in [0.1, 0.15) is 0 Å². The number of aliphatic hydroxyl groups is 9. The monoisotopic (exact) mass is 378 g/mol. The Morgan fingerprint density at radius 2 is 1.00 bits per heavy atom. The summed E-state index contributed by atoms with van der Waals surface area (Å²) in [6.45, 7) is -0.704. The molecule has 1 saturated heterocycles. The highest BCUT2D eigenvalue weighted by Gasteiger charge is 2.52. The van der Waals surface area contributed by atoms with Gasteiger partial charge < -0.3 is 66.4 Å². The highest BCUT2D eigenvalue weighted by molar-refractivity contribution is 5.00. The lowest BCUT2D eigenvalue weighted by molar-refractivity contribution is -0.339. The van der Waals surface area contributed by atoms with Gasteiger partial charge in [-0.05, 0) is 0 Å². The van der Waals surface area contributed by atoms with E-state index in [9.17, 15) is 40.9 Å². The Bertz CT molecular complexity index is 379. The van der Waals surface area contributed by atoms with Crippen LogP contribution in [0.25, 0.3) is 0 Å². The van der Waals surface area contributed by atoms with Crippen molar-refractivity contribution in [3.63, 3.8) is 0 Å². The van der Waals surface area contributed by atoms with Crippen LogP contribution in [0.2, 0.25) is 0 Å². The highest BCUT2D eigenvalue weighted by Crippen LogP contribution is 2.29. The topological polar surface area (TPSA) is 264 Å². The van der Waals surface area contributed by atoms with Gasteiger partial charge in [0, 0.05) is 0 Å². The lowest BCUT2D eigenvalue weighted by Crippen LogP contribution is -2.67. The van der Waals surface area contributed by atoms with E-state index in [1.165, 1.54) is 0 Å². The van der Waals surface area contributed by atoms with Gasteiger partial charge in [0.15, 0.2) is 6.29 Å². The maximum atomic E-state index is 9.85. The minimum Gasteiger partial charge on any atom is -0.412 e. The number of rotatable bonds is 3. The first-order valence-electron chi connectivity index (χ1n) is 7.07. The first-order chi connectivity index (χ1) is 10.7. The van der Waals surface area contributed by atoms with Gasteiger partial charge in [0.05, 0.1) is 6.61 Å². The fraction of sp³-hybridized carbons (Fsp3) is 1.00. The fourth-order valence-electron chi connectivity index (χ4n) is 2.69. The molecule has 152 valence electrons. The molecule has 2 rings (SSSR count). The molecule has 13 N–H and O–H groups in total. The summed E-state index contributed by atoms with van der Waals surface area (Å²) >= 11 is 0. The van der Waals surface area contributed by atoms with E-state index in [1.54, 1.807) is 0 Å². The minimum atomic E-state index is -1.83. The maximum Gasteiger partial charge on any atom is 0.187 e. The van der Waals surface area contributed by atoms with Crippen LogP contribution in [-0.2, 0) is 9.47 Å². The Labute approximate surface area is 141 Å². The zero-order valence-electron chi connectivity index (χ0n) is 12.9. The smallest absolute Gasteiger partial charge is 0.187 e. The Morgan fingerprint density at radius 3 is 1.44 bits per heavy atom. The first-order valence-corrected chi connectivity index (χ1v) is 7.07. The summed E-state index contributed by atoms with van der Waals surface area (Å²) in [5.74, 6) is 0. The molecule has 25 heavy (non-hydrogen) atoms. The van der Waals surface area contributed by atoms with E-state index >= 15 is 0 Å². The van der Waals surface area contributed by atoms with Crippen molar-refractivity contribution in [1.29, 1.82) is 0 Å². The van der Waals surface area contributed by atoms with Gasteiger partial charge in [-0.3, -0.25) is 0 Å². The Kier molecular flexibility index (Phi) is 9.23. The van der Waals surface area contributed by atoms with Crippen LogP contribution in [0.3, 0.4) is 0 Å². The van der Waals surface area contributed by atoms with Gasteiger partial charge in [-0.1, -0.05) is 0 Å². The summed E-state index contributed by atoms with van der Waals surface area (Å²) < 4.78 is 10.2. The Morgan fingerprint density at radius 1 is 0.600 bits per heavy atom. The molecular weight excluding hydrogens is 352 g/mol. The molecule has 0 aromatic rings. The molecule has 0 aromatic carbocycles. The molecule has 0 radical (unpaired) electrons. The molecule has 2 aliphatic rings. The van der Waals surface area contributed by atoms with E-state index in [-0.39, 0.29) is 11.0 Å². The summed E-state index contributed by atoms with van der Waals surface area (Å²) in [5, 5.41) is 86.6. The number of ether oxygens (including phenoxy) is 2. The number of aliphatic hydroxyl groups excluding tert-OH is 9. The third kappa shape index (κ3) is 4.42. The predicted octanol–water partition coefficient (Wildman–Crippen LogP) is -7.66. The molecule has 3 unspecified atom stereocenters. The fourth-order valence-corrected chi connectivity index (χ4v) is 2.69. The van der Waals surface area contributed by atoms with E-state index in [1.807, 2.05) is 0 Å². The second kappa shape index (κ2) is 9.43. The van der Waals surface area contributed by atoms with Crippen LogP contribution < -0.4 is 0 Å². The van der Waals surface area contributed by atoms with E-state index in [0.29, 0.717) is 0 Å². The van der Waals surface area contributed by atoms with Crippen molar-refractivity contribution in [3.05, 3.63) is 0 Å². The largest absolute Gasteiger partial charge is 0.412 e. The average molecular weight is 378 g/mol. The normalized spacial score (nSPS) is 50.5. The summed E-state index contributed by atoms with van der Waals surface area (Å²) in [5.41, 5.74) is 0. The molecule has 0 spiro atoms. The van der Waals surface area contributed by atoms with Crippen LogP contribution in [0.15, 0.2) is 0 Å². The van der Waals surface area contributed by atoms with Crippen molar-refractivity contribution in [2.45, 2.75) is 67.3 Å². The van der Waals surface area contributed by atoms with Gasteiger partial charge in [-0.25, -0.2) is 0 Å². The second-order valence-corrected chi connectivity index (χ2v) is 5.75. The Hall–Kier alpha value is -0.520. The van der Waals surface area contributed by atoms with Crippen LogP contribution in [0.5, 0.6) is 0 Å². The Balaban J connectivity index is 0.00000288. The summed E-state index contributed by atoms with van der Waals surface area (Å²) in [6, 6.07) is 0. The molecule has 1 aliphatic carbocycles. The molecule has 1 heterocycles. The van der Waals surface area contributed by atoms with Gasteiger partial charge in [-0.2, -0.15) is 0 Å². The van der Waals surface area contributed by atoms with Crippen LogP contribution in [0.4, 0.5) is 0 Å². The van der Waals surface area contributed by atoms with Gasteiger partial charge in [0.2, 0.25) is 0 Å². The first kappa shape index (κ1) is 24.5. The molecule has 1 saturated carbocycles. The van der Waals surface area contributed by atoms with Crippen molar-refractivity contribution in [2.24, 2.45) is 0 Å². The van der Waals surface area contributed by atoms with Crippen molar-refractivity contribution >= 4 is 0 Å². The van der Waals surface area contributed by atoms with Crippen LogP contribution >= 0.6 is 0 Å². The van der Waals surface area contributed by atoms with Gasteiger partial charge >= 0.3 is 0 Å². The molecule has 0 amide bonds. The third-order valence-corrected chi connectivity index (χ3v) is 4.21.